The van der Waals surface area contributed by atoms with E-state index in [-0.39, 0.29) is 26.1 Å². The number of carbonyl (C=O) groups excluding carboxylic acids is 2. The first-order chi connectivity index (χ1) is 22.4. The van der Waals surface area contributed by atoms with Gasteiger partial charge in [-0.05, 0) is 51.7 Å². The van der Waals surface area contributed by atoms with Crippen molar-refractivity contribution in [3.8, 4) is 11.6 Å². The van der Waals surface area contributed by atoms with Crippen molar-refractivity contribution < 1.29 is 64.0 Å². The number of esters is 1. The number of nitrogens with zero attached hydrogens (tertiary/aromatic N) is 3. The van der Waals surface area contributed by atoms with Crippen LogP contribution >= 0.6 is 0 Å². The third kappa shape index (κ3) is 8.78. The van der Waals surface area contributed by atoms with Crippen LogP contribution in [0.1, 0.15) is 67.5 Å². The molecule has 18 heteroatoms. The highest BCUT2D eigenvalue weighted by Gasteiger charge is 2.61. The van der Waals surface area contributed by atoms with Crippen molar-refractivity contribution in [2.75, 3.05) is 25.6 Å². The Morgan fingerprint density at radius 3 is 2.25 bits per heavy atom. The number of benzene rings is 1. The maximum absolute atomic E-state index is 15.1. The molecule has 1 saturated heterocycles. The van der Waals surface area contributed by atoms with Gasteiger partial charge >= 0.3 is 24.4 Å². The van der Waals surface area contributed by atoms with Gasteiger partial charge in [0.15, 0.2) is 17.7 Å². The number of aromatic nitrogens is 3. The van der Waals surface area contributed by atoms with E-state index in [9.17, 15) is 22.8 Å². The topological polar surface area (TPSA) is 144 Å². The number of amides is 1. The van der Waals surface area contributed by atoms with E-state index in [1.807, 2.05) is 0 Å². The maximum Gasteiger partial charge on any atom is 0.426 e. The Bertz CT molecular complexity index is 1570. The molecule has 4 rings (SSSR count). The van der Waals surface area contributed by atoms with Gasteiger partial charge in [0.25, 0.3) is 11.8 Å². The van der Waals surface area contributed by atoms with Crippen molar-refractivity contribution in [1.29, 1.82) is 0 Å². The second-order valence-corrected chi connectivity index (χ2v) is 11.5. The summed E-state index contributed by atoms with van der Waals surface area (Å²) in [5.41, 5.74) is -8.42. The van der Waals surface area contributed by atoms with Gasteiger partial charge < -0.3 is 28.1 Å². The molecule has 262 valence electrons. The van der Waals surface area contributed by atoms with E-state index in [0.29, 0.717) is 11.6 Å². The van der Waals surface area contributed by atoms with Crippen LogP contribution in [0.3, 0.4) is 0 Å². The summed E-state index contributed by atoms with van der Waals surface area (Å²) < 4.78 is 119. The van der Waals surface area contributed by atoms with Crippen molar-refractivity contribution in [3.05, 3.63) is 59.1 Å². The van der Waals surface area contributed by atoms with Crippen molar-refractivity contribution >= 4 is 17.7 Å². The monoisotopic (exact) mass is 690 g/mol. The van der Waals surface area contributed by atoms with Crippen LogP contribution in [0, 0.1) is 0 Å². The molecule has 0 aliphatic carbocycles. The highest BCUT2D eigenvalue weighted by Crippen LogP contribution is 2.47. The normalized spacial score (nSPS) is 15.6. The Labute approximate surface area is 270 Å². The van der Waals surface area contributed by atoms with Crippen molar-refractivity contribution in [3.63, 3.8) is 0 Å². The predicted octanol–water partition coefficient (Wildman–Crippen LogP) is 6.80. The largest absolute Gasteiger partial charge is 0.464 e. The fourth-order valence-corrected chi connectivity index (χ4v) is 4.59. The predicted molar refractivity (Wildman–Crippen MR) is 152 cm³/mol. The molecule has 1 aromatic carbocycles. The van der Waals surface area contributed by atoms with Gasteiger partial charge in [-0.2, -0.15) is 26.3 Å². The SMILES string of the molecule is COC(=O)c1nc(-c2nnc(C(CCCC3OCCO3)(OCc3ccccc3)C(F)(F)F)o2)c(NC(=O)OC(C)(C)C)cc1C(F)(F)F. The first-order valence-corrected chi connectivity index (χ1v) is 14.5. The number of rotatable bonds is 11. The first-order valence-electron chi connectivity index (χ1n) is 14.5. The minimum Gasteiger partial charge on any atom is -0.464 e. The molecule has 1 N–H and O–H groups in total. The van der Waals surface area contributed by atoms with Crippen LogP contribution < -0.4 is 5.32 Å². The molecular weight excluding hydrogens is 658 g/mol. The zero-order chi connectivity index (χ0) is 35.3. The number of ether oxygens (including phenoxy) is 5. The van der Waals surface area contributed by atoms with E-state index in [2.05, 4.69) is 25.2 Å². The van der Waals surface area contributed by atoms with Crippen LogP contribution in [0.15, 0.2) is 40.8 Å². The number of hydrogen-bond donors (Lipinski definition) is 1. The third-order valence-corrected chi connectivity index (χ3v) is 6.76. The van der Waals surface area contributed by atoms with Crippen LogP contribution in [0.2, 0.25) is 0 Å². The second kappa shape index (κ2) is 14.4. The molecule has 12 nitrogen and oxygen atoms in total. The number of anilines is 1. The molecule has 0 spiro atoms. The maximum atomic E-state index is 15.1. The molecule has 1 atom stereocenters. The molecule has 3 heterocycles. The van der Waals surface area contributed by atoms with Gasteiger partial charge in [-0.1, -0.05) is 30.3 Å². The number of alkyl halides is 6. The van der Waals surface area contributed by atoms with E-state index in [1.165, 1.54) is 32.9 Å². The molecule has 48 heavy (non-hydrogen) atoms. The zero-order valence-electron chi connectivity index (χ0n) is 26.2. The van der Waals surface area contributed by atoms with Gasteiger partial charge in [0, 0.05) is 0 Å². The van der Waals surface area contributed by atoms with Crippen LogP contribution in [0.5, 0.6) is 0 Å². The number of halogens is 6. The average Bonchev–Trinajstić information content (AvgIpc) is 3.70. The number of nitrogens with one attached hydrogen (secondary N) is 1. The highest BCUT2D eigenvalue weighted by molar-refractivity contribution is 5.94. The summed E-state index contributed by atoms with van der Waals surface area (Å²) in [5, 5.41) is 9.29. The van der Waals surface area contributed by atoms with E-state index < -0.39 is 89.4 Å². The second-order valence-electron chi connectivity index (χ2n) is 11.5. The molecule has 0 radical (unpaired) electrons. The lowest BCUT2D eigenvalue weighted by atomic mass is 9.94. The highest BCUT2D eigenvalue weighted by atomic mass is 19.4. The lowest BCUT2D eigenvalue weighted by Gasteiger charge is -2.33. The minimum absolute atomic E-state index is 0.0560. The van der Waals surface area contributed by atoms with Gasteiger partial charge in [-0.15, -0.1) is 10.2 Å². The summed E-state index contributed by atoms with van der Waals surface area (Å²) in [5.74, 6) is -3.53. The Hall–Kier alpha value is -4.29. The number of carbonyl (C=O) groups is 2. The van der Waals surface area contributed by atoms with Gasteiger partial charge in [0.1, 0.15) is 5.60 Å². The Kier molecular flexibility index (Phi) is 11.0. The number of methoxy groups -OCH3 is 1. The van der Waals surface area contributed by atoms with Gasteiger partial charge in [-0.25, -0.2) is 14.6 Å². The molecule has 0 bridgehead atoms. The van der Waals surface area contributed by atoms with E-state index in [0.717, 1.165) is 7.11 Å². The summed E-state index contributed by atoms with van der Waals surface area (Å²) >= 11 is 0. The van der Waals surface area contributed by atoms with E-state index >= 15 is 13.2 Å². The molecule has 2 aromatic heterocycles. The third-order valence-electron chi connectivity index (χ3n) is 6.76. The van der Waals surface area contributed by atoms with Gasteiger partial charge in [-0.3, -0.25) is 5.32 Å². The average molecular weight is 691 g/mol. The molecule has 1 unspecified atom stereocenters. The van der Waals surface area contributed by atoms with Gasteiger partial charge in [0.2, 0.25) is 5.60 Å². The van der Waals surface area contributed by atoms with Gasteiger partial charge in [0.05, 0.1) is 38.2 Å². The Morgan fingerprint density at radius 1 is 1.00 bits per heavy atom. The van der Waals surface area contributed by atoms with Crippen LogP contribution in [0.4, 0.5) is 36.8 Å². The van der Waals surface area contributed by atoms with E-state index in [1.54, 1.807) is 18.2 Å². The summed E-state index contributed by atoms with van der Waals surface area (Å²) in [7, 11) is 0.797. The van der Waals surface area contributed by atoms with E-state index in [4.69, 9.17) is 23.4 Å². The summed E-state index contributed by atoms with van der Waals surface area (Å²) in [6.45, 7) is 4.45. The van der Waals surface area contributed by atoms with Crippen LogP contribution in [0.25, 0.3) is 11.6 Å². The summed E-state index contributed by atoms with van der Waals surface area (Å²) in [6, 6.07) is 8.26. The molecular formula is C30H32F6N4O8. The molecule has 1 fully saturated rings. The minimum atomic E-state index is -5.19. The Morgan fingerprint density at radius 2 is 1.67 bits per heavy atom. The number of hydrogen-bond acceptors (Lipinski definition) is 11. The first kappa shape index (κ1) is 36.5. The molecule has 1 aliphatic heterocycles. The van der Waals surface area contributed by atoms with Crippen molar-refractivity contribution in [2.24, 2.45) is 0 Å². The summed E-state index contributed by atoms with van der Waals surface area (Å²) in [4.78, 5) is 28.7. The molecule has 3 aromatic rings. The van der Waals surface area contributed by atoms with Crippen LogP contribution in [-0.4, -0.2) is 65.6 Å². The fraction of sp³-hybridized carbons (Fsp3) is 0.500. The smallest absolute Gasteiger partial charge is 0.426 e. The fourth-order valence-electron chi connectivity index (χ4n) is 4.59. The molecule has 1 amide bonds. The number of pyridine rings is 1. The molecule has 1 aliphatic rings. The lowest BCUT2D eigenvalue weighted by molar-refractivity contribution is -0.300. The zero-order valence-corrected chi connectivity index (χ0v) is 26.2. The lowest BCUT2D eigenvalue weighted by Crippen LogP contribution is -2.45. The molecule has 0 saturated carbocycles. The quantitative estimate of drug-likeness (QED) is 0.168. The Balaban J connectivity index is 1.83. The van der Waals surface area contributed by atoms with Crippen molar-refractivity contribution in [2.45, 2.75) is 76.5 Å². The summed E-state index contributed by atoms with van der Waals surface area (Å²) in [6.07, 6.45) is -13.2. The van der Waals surface area contributed by atoms with Crippen molar-refractivity contribution in [1.82, 2.24) is 15.2 Å². The van der Waals surface area contributed by atoms with Crippen LogP contribution in [-0.2, 0) is 42.1 Å². The standard InChI is InChI=1S/C30H32F6N4O8/c1-27(2,3)48-26(42)37-19-15-18(29(31,32)33)21(24(41)43-4)38-22(19)23-39-40-25(47-23)28(30(34,35)36,12-8-11-20-44-13-14-45-20)46-16-17-9-6-5-7-10-17/h5-7,9-10,15,20H,8,11-14,16H2,1-4H3,(H,37,42).